The molecule has 0 bridgehead atoms. The van der Waals surface area contributed by atoms with Crippen LogP contribution in [0.4, 0.5) is 0 Å². The van der Waals surface area contributed by atoms with Crippen molar-refractivity contribution < 1.29 is 0 Å². The molecule has 2 aromatic carbocycles. The molecule has 1 unspecified atom stereocenters. The van der Waals surface area contributed by atoms with Crippen LogP contribution in [-0.4, -0.2) is 11.8 Å². The van der Waals surface area contributed by atoms with Crippen LogP contribution >= 0.6 is 39.3 Å². The third-order valence-corrected chi connectivity index (χ3v) is 4.67. The van der Waals surface area contributed by atoms with Crippen LogP contribution in [0.2, 0.25) is 5.02 Å². The molecular formula is C15H15BrClNS. The van der Waals surface area contributed by atoms with Gasteiger partial charge in [-0.1, -0.05) is 39.7 Å². The average Bonchev–Trinajstić information content (AvgIpc) is 2.41. The molecule has 0 aliphatic carbocycles. The first kappa shape index (κ1) is 14.9. The molecule has 1 atom stereocenters. The van der Waals surface area contributed by atoms with Gasteiger partial charge >= 0.3 is 0 Å². The summed E-state index contributed by atoms with van der Waals surface area (Å²) in [4.78, 5) is 1.25. The van der Waals surface area contributed by atoms with Gasteiger partial charge in [-0.3, -0.25) is 0 Å². The smallest absolute Gasteiger partial charge is 0.0406 e. The normalized spacial score (nSPS) is 12.4. The van der Waals surface area contributed by atoms with Gasteiger partial charge in [0.15, 0.2) is 0 Å². The van der Waals surface area contributed by atoms with Crippen LogP contribution in [0.1, 0.15) is 5.56 Å². The fourth-order valence-corrected chi connectivity index (χ4v) is 2.96. The molecule has 2 rings (SSSR count). The van der Waals surface area contributed by atoms with E-state index in [1.165, 1.54) is 10.5 Å². The zero-order valence-electron chi connectivity index (χ0n) is 10.4. The van der Waals surface area contributed by atoms with Gasteiger partial charge in [-0.2, -0.15) is 0 Å². The van der Waals surface area contributed by atoms with Gasteiger partial charge in [-0.25, -0.2) is 0 Å². The Hall–Kier alpha value is -0.480. The molecular weight excluding hydrogens is 342 g/mol. The van der Waals surface area contributed by atoms with Crippen LogP contribution in [0.3, 0.4) is 0 Å². The highest BCUT2D eigenvalue weighted by atomic mass is 79.9. The van der Waals surface area contributed by atoms with Crippen LogP contribution in [0, 0.1) is 0 Å². The van der Waals surface area contributed by atoms with Crippen molar-refractivity contribution in [3.63, 3.8) is 0 Å². The molecule has 0 radical (unpaired) electrons. The molecule has 19 heavy (non-hydrogen) atoms. The molecule has 0 aliphatic heterocycles. The lowest BCUT2D eigenvalue weighted by Crippen LogP contribution is -2.25. The van der Waals surface area contributed by atoms with Crippen LogP contribution < -0.4 is 5.73 Å². The number of nitrogens with two attached hydrogens (primary N) is 1. The van der Waals surface area contributed by atoms with Crippen LogP contribution in [-0.2, 0) is 6.42 Å². The summed E-state index contributed by atoms with van der Waals surface area (Å²) in [6, 6.07) is 16.3. The molecule has 0 spiro atoms. The van der Waals surface area contributed by atoms with Crippen molar-refractivity contribution in [3.05, 3.63) is 63.6 Å². The quantitative estimate of drug-likeness (QED) is 0.781. The summed E-state index contributed by atoms with van der Waals surface area (Å²) in [7, 11) is 0. The Morgan fingerprint density at radius 2 is 1.68 bits per heavy atom. The molecule has 0 saturated heterocycles. The summed E-state index contributed by atoms with van der Waals surface area (Å²) < 4.78 is 1.10. The molecule has 1 nitrogen and oxygen atoms in total. The number of hydrogen-bond donors (Lipinski definition) is 1. The van der Waals surface area contributed by atoms with E-state index in [0.717, 1.165) is 21.7 Å². The second kappa shape index (κ2) is 7.34. The van der Waals surface area contributed by atoms with E-state index < -0.39 is 0 Å². The Morgan fingerprint density at radius 3 is 2.32 bits per heavy atom. The highest BCUT2D eigenvalue weighted by molar-refractivity contribution is 9.10. The molecule has 0 aromatic heterocycles. The molecule has 4 heteroatoms. The topological polar surface area (TPSA) is 26.0 Å². The van der Waals surface area contributed by atoms with Crippen LogP contribution in [0.25, 0.3) is 0 Å². The minimum absolute atomic E-state index is 0.148. The van der Waals surface area contributed by atoms with E-state index in [4.69, 9.17) is 17.3 Å². The van der Waals surface area contributed by atoms with Crippen molar-refractivity contribution in [1.82, 2.24) is 0 Å². The number of halogens is 2. The van der Waals surface area contributed by atoms with Gasteiger partial charge in [0.2, 0.25) is 0 Å². The van der Waals surface area contributed by atoms with Gasteiger partial charge in [-0.15, -0.1) is 11.8 Å². The number of thioether (sulfide) groups is 1. The summed E-state index contributed by atoms with van der Waals surface area (Å²) in [5.74, 6) is 0.907. The predicted octanol–water partition coefficient (Wildman–Crippen LogP) is 4.76. The van der Waals surface area contributed by atoms with Crippen molar-refractivity contribution in [1.29, 1.82) is 0 Å². The highest BCUT2D eigenvalue weighted by Gasteiger charge is 2.05. The predicted molar refractivity (Wildman–Crippen MR) is 88.0 cm³/mol. The first-order valence-electron chi connectivity index (χ1n) is 6.02. The summed E-state index contributed by atoms with van der Waals surface area (Å²) in [6.07, 6.45) is 0.876. The van der Waals surface area contributed by atoms with E-state index in [0.29, 0.717) is 0 Å². The van der Waals surface area contributed by atoms with E-state index in [1.807, 2.05) is 36.4 Å². The second-order valence-electron chi connectivity index (χ2n) is 4.36. The fourth-order valence-electron chi connectivity index (χ4n) is 1.72. The van der Waals surface area contributed by atoms with Gasteiger partial charge in [0, 0.05) is 26.2 Å². The maximum Gasteiger partial charge on any atom is 0.0406 e. The van der Waals surface area contributed by atoms with Crippen LogP contribution in [0.15, 0.2) is 57.9 Å². The summed E-state index contributed by atoms with van der Waals surface area (Å²) in [6.45, 7) is 0. The van der Waals surface area contributed by atoms with Crippen molar-refractivity contribution in [2.75, 3.05) is 5.75 Å². The van der Waals surface area contributed by atoms with Gasteiger partial charge in [0.25, 0.3) is 0 Å². The van der Waals surface area contributed by atoms with Gasteiger partial charge in [0.05, 0.1) is 0 Å². The zero-order valence-corrected chi connectivity index (χ0v) is 13.5. The van der Waals surface area contributed by atoms with E-state index >= 15 is 0 Å². The Balaban J connectivity index is 1.82. The van der Waals surface area contributed by atoms with Gasteiger partial charge < -0.3 is 5.73 Å². The molecule has 2 N–H and O–H groups in total. The van der Waals surface area contributed by atoms with Crippen molar-refractivity contribution in [3.8, 4) is 0 Å². The Kier molecular flexibility index (Phi) is 5.76. The standard InChI is InChI=1S/C15H15BrClNS/c16-12-3-7-15(8-4-12)19-10-14(18)9-11-1-5-13(17)6-2-11/h1-8,14H,9-10,18H2. The Bertz CT molecular complexity index is 513. The maximum atomic E-state index is 6.16. The third-order valence-electron chi connectivity index (χ3n) is 2.69. The highest BCUT2D eigenvalue weighted by Crippen LogP contribution is 2.21. The number of hydrogen-bond acceptors (Lipinski definition) is 2. The minimum Gasteiger partial charge on any atom is -0.327 e. The molecule has 0 fully saturated rings. The molecule has 100 valence electrons. The monoisotopic (exact) mass is 355 g/mol. The largest absolute Gasteiger partial charge is 0.327 e. The minimum atomic E-state index is 0.148. The summed E-state index contributed by atoms with van der Waals surface area (Å²) in [5, 5.41) is 0.765. The zero-order chi connectivity index (χ0) is 13.7. The maximum absolute atomic E-state index is 6.16. The molecule has 0 heterocycles. The summed E-state index contributed by atoms with van der Waals surface area (Å²) >= 11 is 11.1. The van der Waals surface area contributed by atoms with E-state index in [9.17, 15) is 0 Å². The van der Waals surface area contributed by atoms with E-state index in [-0.39, 0.29) is 6.04 Å². The van der Waals surface area contributed by atoms with Crippen molar-refractivity contribution in [2.24, 2.45) is 5.73 Å². The lowest BCUT2D eigenvalue weighted by atomic mass is 10.1. The first-order chi connectivity index (χ1) is 9.13. The average molecular weight is 357 g/mol. The molecule has 0 aliphatic rings. The summed E-state index contributed by atoms with van der Waals surface area (Å²) in [5.41, 5.74) is 7.39. The molecule has 0 saturated carbocycles. The van der Waals surface area contributed by atoms with Crippen molar-refractivity contribution in [2.45, 2.75) is 17.4 Å². The number of rotatable bonds is 5. The lowest BCUT2D eigenvalue weighted by Gasteiger charge is -2.11. The van der Waals surface area contributed by atoms with Crippen LogP contribution in [0.5, 0.6) is 0 Å². The van der Waals surface area contributed by atoms with E-state index in [2.05, 4.69) is 28.1 Å². The SMILES string of the molecule is NC(CSc1ccc(Br)cc1)Cc1ccc(Cl)cc1. The Labute approximate surface area is 131 Å². The fraction of sp³-hybridized carbons (Fsp3) is 0.200. The second-order valence-corrected chi connectivity index (χ2v) is 6.80. The van der Waals surface area contributed by atoms with Gasteiger partial charge in [0.1, 0.15) is 0 Å². The molecule has 0 amide bonds. The van der Waals surface area contributed by atoms with Gasteiger partial charge in [-0.05, 0) is 48.4 Å². The van der Waals surface area contributed by atoms with Crippen molar-refractivity contribution >= 4 is 39.3 Å². The molecule has 2 aromatic rings. The number of benzene rings is 2. The third kappa shape index (κ3) is 5.19. The Morgan fingerprint density at radius 1 is 1.05 bits per heavy atom. The van der Waals surface area contributed by atoms with E-state index in [1.54, 1.807) is 11.8 Å². The first-order valence-corrected chi connectivity index (χ1v) is 8.17. The lowest BCUT2D eigenvalue weighted by molar-refractivity contribution is 0.749.